The van der Waals surface area contributed by atoms with Crippen molar-refractivity contribution in [2.75, 3.05) is 19.6 Å². The second kappa shape index (κ2) is 19.6. The van der Waals surface area contributed by atoms with Gasteiger partial charge in [-0.15, -0.1) is 13.2 Å². The average Bonchev–Trinajstić information content (AvgIpc) is 3.41. The first kappa shape index (κ1) is 34.8. The van der Waals surface area contributed by atoms with E-state index in [4.69, 9.17) is 4.74 Å². The second-order valence-electron chi connectivity index (χ2n) is 11.6. The van der Waals surface area contributed by atoms with Gasteiger partial charge in [0.05, 0.1) is 6.10 Å². The molecule has 2 aromatic rings. The Kier molecular flexibility index (Phi) is 15.9. The van der Waals surface area contributed by atoms with Crippen molar-refractivity contribution in [3.63, 3.8) is 0 Å². The third-order valence-corrected chi connectivity index (χ3v) is 7.96. The normalized spacial score (nSPS) is 16.2. The van der Waals surface area contributed by atoms with Crippen LogP contribution in [0, 0.1) is 0 Å². The third-order valence-electron chi connectivity index (χ3n) is 7.96. The minimum absolute atomic E-state index is 0.226. The van der Waals surface area contributed by atoms with E-state index in [9.17, 15) is 18.0 Å². The first-order valence-corrected chi connectivity index (χ1v) is 16.3. The summed E-state index contributed by atoms with van der Waals surface area (Å²) in [4.78, 5) is 14.7. The fourth-order valence-electron chi connectivity index (χ4n) is 5.65. The van der Waals surface area contributed by atoms with E-state index in [0.717, 1.165) is 54.9 Å². The highest BCUT2D eigenvalue weighted by atomic mass is 19.4. The van der Waals surface area contributed by atoms with Crippen LogP contribution in [0.4, 0.5) is 13.2 Å². The van der Waals surface area contributed by atoms with Gasteiger partial charge in [-0.1, -0.05) is 93.7 Å². The lowest BCUT2D eigenvalue weighted by Gasteiger charge is -2.18. The van der Waals surface area contributed by atoms with Gasteiger partial charge < -0.3 is 9.64 Å². The van der Waals surface area contributed by atoms with E-state index >= 15 is 0 Å². The number of benzene rings is 2. The molecule has 1 aliphatic rings. The van der Waals surface area contributed by atoms with Gasteiger partial charge in [-0.3, -0.25) is 9.53 Å². The summed E-state index contributed by atoms with van der Waals surface area (Å²) < 4.78 is 47.7. The molecule has 238 valence electrons. The van der Waals surface area contributed by atoms with Crippen molar-refractivity contribution in [2.45, 2.75) is 116 Å². The van der Waals surface area contributed by atoms with Crippen LogP contribution in [0.3, 0.4) is 0 Å². The van der Waals surface area contributed by atoms with E-state index in [1.54, 1.807) is 0 Å². The van der Waals surface area contributed by atoms with Crippen LogP contribution in [0.15, 0.2) is 60.7 Å². The van der Waals surface area contributed by atoms with E-state index in [2.05, 4.69) is 36.0 Å². The number of hydrogen-bond donors (Lipinski definition) is 0. The van der Waals surface area contributed by atoms with Crippen molar-refractivity contribution in [1.82, 2.24) is 4.90 Å². The maximum atomic E-state index is 12.7. The molecule has 43 heavy (non-hydrogen) atoms. The number of rotatable bonds is 20. The number of likely N-dealkylation sites (tertiary alicyclic amines) is 1. The average molecular weight is 602 g/mol. The molecule has 1 saturated heterocycles. The molecule has 7 heteroatoms. The molecule has 3 rings (SSSR count). The Labute approximate surface area is 256 Å². The van der Waals surface area contributed by atoms with Gasteiger partial charge in [0.15, 0.2) is 0 Å². The van der Waals surface area contributed by atoms with E-state index in [1.807, 2.05) is 41.3 Å². The highest BCUT2D eigenvalue weighted by Crippen LogP contribution is 2.31. The Hall–Kier alpha value is -2.64. The summed E-state index contributed by atoms with van der Waals surface area (Å²) in [5, 5.41) is 1.88. The number of carbonyl (C=O) groups excluding carboxylic acids is 1. The van der Waals surface area contributed by atoms with Crippen LogP contribution in [0.25, 0.3) is 10.8 Å². The van der Waals surface area contributed by atoms with Crippen LogP contribution in [0.1, 0.15) is 102 Å². The SMILES string of the molecule is CCCCC/C=C\CCC=CCCCCCCCC(=O)Oc1cccc2cccc(CCN3CCC(OC(F)(F)F)C3)c12. The molecular weight excluding hydrogens is 551 g/mol. The summed E-state index contributed by atoms with van der Waals surface area (Å²) in [5.41, 5.74) is 1.02. The van der Waals surface area contributed by atoms with Gasteiger partial charge in [-0.25, -0.2) is 0 Å². The number of hydrogen-bond acceptors (Lipinski definition) is 4. The number of esters is 1. The Morgan fingerprint density at radius 3 is 2.26 bits per heavy atom. The van der Waals surface area contributed by atoms with E-state index in [-0.39, 0.29) is 12.5 Å². The molecule has 4 nitrogen and oxygen atoms in total. The molecule has 1 heterocycles. The number of halogens is 3. The Balaban J connectivity index is 1.33. The van der Waals surface area contributed by atoms with Gasteiger partial charge >= 0.3 is 12.3 Å². The first-order valence-electron chi connectivity index (χ1n) is 16.3. The monoisotopic (exact) mass is 601 g/mol. The lowest BCUT2D eigenvalue weighted by Crippen LogP contribution is -2.29. The van der Waals surface area contributed by atoms with Crippen molar-refractivity contribution >= 4 is 16.7 Å². The maximum absolute atomic E-state index is 12.7. The van der Waals surface area contributed by atoms with Crippen molar-refractivity contribution in [2.24, 2.45) is 0 Å². The quantitative estimate of drug-likeness (QED) is 0.0655. The maximum Gasteiger partial charge on any atom is 0.522 e. The number of allylic oxidation sites excluding steroid dienone is 4. The van der Waals surface area contributed by atoms with Crippen molar-refractivity contribution < 1.29 is 27.4 Å². The molecular formula is C36H50F3NO3. The number of ether oxygens (including phenoxy) is 2. The molecule has 1 fully saturated rings. The van der Waals surface area contributed by atoms with Crippen molar-refractivity contribution in [3.05, 3.63) is 66.3 Å². The molecule has 0 amide bonds. The highest BCUT2D eigenvalue weighted by Gasteiger charge is 2.36. The molecule has 0 N–H and O–H groups in total. The summed E-state index contributed by atoms with van der Waals surface area (Å²) in [6.07, 6.45) is 18.9. The number of unbranched alkanes of at least 4 members (excludes halogenated alkanes) is 9. The number of alkyl halides is 3. The minimum atomic E-state index is -4.60. The van der Waals surface area contributed by atoms with Gasteiger partial charge in [0.25, 0.3) is 0 Å². The summed E-state index contributed by atoms with van der Waals surface area (Å²) in [7, 11) is 0. The number of fused-ring (bicyclic) bond motifs is 1. The molecule has 2 aromatic carbocycles. The predicted octanol–water partition coefficient (Wildman–Crippen LogP) is 10.1. The zero-order valence-electron chi connectivity index (χ0n) is 25.9. The fraction of sp³-hybridized carbons (Fsp3) is 0.583. The zero-order chi connectivity index (χ0) is 30.8. The minimum Gasteiger partial charge on any atom is -0.426 e. The smallest absolute Gasteiger partial charge is 0.426 e. The predicted molar refractivity (Wildman–Crippen MR) is 169 cm³/mol. The summed E-state index contributed by atoms with van der Waals surface area (Å²) >= 11 is 0. The standard InChI is InChI=1S/C36H50F3NO3/c1-2-3-4-5-6-7-8-9-10-11-12-13-14-15-16-17-24-34(41)42-33-23-19-22-30-20-18-21-31(35(30)33)25-27-40-28-26-32(29-40)43-36(37,38)39/h6-7,10-11,18-23,32H,2-5,8-9,12-17,24-29H2,1H3/b7-6-,11-10?. The van der Waals surface area contributed by atoms with E-state index in [1.165, 1.54) is 38.5 Å². The molecule has 1 aliphatic heterocycles. The van der Waals surface area contributed by atoms with E-state index in [0.29, 0.717) is 38.1 Å². The lowest BCUT2D eigenvalue weighted by atomic mass is 10.0. The van der Waals surface area contributed by atoms with Crippen LogP contribution < -0.4 is 4.74 Å². The van der Waals surface area contributed by atoms with Crippen LogP contribution in [0.2, 0.25) is 0 Å². The van der Waals surface area contributed by atoms with Crippen molar-refractivity contribution in [3.8, 4) is 5.75 Å². The summed E-state index contributed by atoms with van der Waals surface area (Å²) in [6.45, 7) is 3.69. The van der Waals surface area contributed by atoms with Crippen LogP contribution in [-0.4, -0.2) is 43.0 Å². The highest BCUT2D eigenvalue weighted by molar-refractivity contribution is 5.93. The number of nitrogens with zero attached hydrogens (tertiary/aromatic N) is 1. The van der Waals surface area contributed by atoms with Gasteiger partial charge in [0.1, 0.15) is 5.75 Å². The molecule has 0 radical (unpaired) electrons. The largest absolute Gasteiger partial charge is 0.522 e. The Morgan fingerprint density at radius 2 is 1.53 bits per heavy atom. The zero-order valence-corrected chi connectivity index (χ0v) is 25.9. The molecule has 1 atom stereocenters. The molecule has 0 bridgehead atoms. The summed E-state index contributed by atoms with van der Waals surface area (Å²) in [6, 6.07) is 11.6. The van der Waals surface area contributed by atoms with Crippen LogP contribution >= 0.6 is 0 Å². The molecule has 0 aromatic heterocycles. The Morgan fingerprint density at radius 1 is 0.884 bits per heavy atom. The molecule has 0 saturated carbocycles. The first-order chi connectivity index (χ1) is 20.9. The van der Waals surface area contributed by atoms with Gasteiger partial charge in [0.2, 0.25) is 0 Å². The van der Waals surface area contributed by atoms with Gasteiger partial charge in [-0.2, -0.15) is 0 Å². The molecule has 0 spiro atoms. The lowest BCUT2D eigenvalue weighted by molar-refractivity contribution is -0.340. The molecule has 1 unspecified atom stereocenters. The summed E-state index contributed by atoms with van der Waals surface area (Å²) in [5.74, 6) is 0.327. The number of carbonyl (C=O) groups is 1. The van der Waals surface area contributed by atoms with Gasteiger partial charge in [0, 0.05) is 31.4 Å². The second-order valence-corrected chi connectivity index (χ2v) is 11.6. The fourth-order valence-corrected chi connectivity index (χ4v) is 5.65. The Bertz CT molecular complexity index is 1140. The van der Waals surface area contributed by atoms with Crippen LogP contribution in [-0.2, 0) is 16.0 Å². The van der Waals surface area contributed by atoms with Crippen LogP contribution in [0.5, 0.6) is 5.75 Å². The molecule has 0 aliphatic carbocycles. The topological polar surface area (TPSA) is 38.8 Å². The third kappa shape index (κ3) is 14.1. The van der Waals surface area contributed by atoms with E-state index < -0.39 is 12.5 Å². The van der Waals surface area contributed by atoms with Gasteiger partial charge in [-0.05, 0) is 74.8 Å². The van der Waals surface area contributed by atoms with Crippen molar-refractivity contribution in [1.29, 1.82) is 0 Å².